The van der Waals surface area contributed by atoms with E-state index in [0.29, 0.717) is 12.0 Å². The molecule has 1 aliphatic rings. The lowest BCUT2D eigenvalue weighted by atomic mass is 9.86. The summed E-state index contributed by atoms with van der Waals surface area (Å²) < 4.78 is 0. The van der Waals surface area contributed by atoms with Crippen molar-refractivity contribution in [1.82, 2.24) is 5.32 Å². The average Bonchev–Trinajstić information content (AvgIpc) is 2.28. The maximum absolute atomic E-state index is 11.8. The second-order valence-electron chi connectivity index (χ2n) is 5.13. The van der Waals surface area contributed by atoms with E-state index in [1.54, 1.807) is 0 Å². The number of hydrogen-bond acceptors (Lipinski definition) is 2. The van der Waals surface area contributed by atoms with Gasteiger partial charge < -0.3 is 11.1 Å². The van der Waals surface area contributed by atoms with Crippen molar-refractivity contribution >= 4 is 18.3 Å². The lowest BCUT2D eigenvalue weighted by Gasteiger charge is -2.30. The molecule has 1 saturated carbocycles. The molecule has 1 fully saturated rings. The van der Waals surface area contributed by atoms with Crippen LogP contribution in [0.15, 0.2) is 0 Å². The van der Waals surface area contributed by atoms with E-state index < -0.39 is 0 Å². The molecular formula is C13H27ClN2O. The summed E-state index contributed by atoms with van der Waals surface area (Å²) in [6.07, 6.45) is 7.83. The molecule has 0 unspecified atom stereocenters. The van der Waals surface area contributed by atoms with Crippen LogP contribution in [0.1, 0.15) is 58.8 Å². The van der Waals surface area contributed by atoms with Crippen LogP contribution in [-0.2, 0) is 4.79 Å². The van der Waals surface area contributed by atoms with Gasteiger partial charge in [0.1, 0.15) is 0 Å². The highest BCUT2D eigenvalue weighted by molar-refractivity contribution is 5.85. The van der Waals surface area contributed by atoms with E-state index in [2.05, 4.69) is 19.2 Å². The highest BCUT2D eigenvalue weighted by atomic mass is 35.5. The van der Waals surface area contributed by atoms with Crippen molar-refractivity contribution in [3.8, 4) is 0 Å². The Kier molecular flexibility index (Phi) is 8.61. The molecule has 3 atom stereocenters. The minimum atomic E-state index is -0.311. The van der Waals surface area contributed by atoms with Crippen molar-refractivity contribution in [2.75, 3.05) is 0 Å². The first-order chi connectivity index (χ1) is 7.65. The van der Waals surface area contributed by atoms with Gasteiger partial charge in [-0.25, -0.2) is 0 Å². The summed E-state index contributed by atoms with van der Waals surface area (Å²) in [6.45, 7) is 4.34. The van der Waals surface area contributed by atoms with Crippen LogP contribution in [0.25, 0.3) is 0 Å². The predicted octanol–water partition coefficient (Wildman–Crippen LogP) is 2.62. The number of carbonyl (C=O) groups is 1. The third-order valence-electron chi connectivity index (χ3n) is 3.64. The minimum Gasteiger partial charge on any atom is -0.352 e. The first-order valence-electron chi connectivity index (χ1n) is 6.71. The van der Waals surface area contributed by atoms with Crippen LogP contribution in [0, 0.1) is 5.92 Å². The van der Waals surface area contributed by atoms with E-state index in [1.165, 1.54) is 19.3 Å². The number of hydrogen-bond donors (Lipinski definition) is 2. The monoisotopic (exact) mass is 262 g/mol. The van der Waals surface area contributed by atoms with E-state index in [1.807, 2.05) is 0 Å². The largest absolute Gasteiger partial charge is 0.352 e. The molecule has 1 rings (SSSR count). The van der Waals surface area contributed by atoms with Gasteiger partial charge >= 0.3 is 0 Å². The summed E-state index contributed by atoms with van der Waals surface area (Å²) in [7, 11) is 0. The Morgan fingerprint density at radius 1 is 1.41 bits per heavy atom. The lowest BCUT2D eigenvalue weighted by molar-refractivity contribution is -0.123. The fourth-order valence-corrected chi connectivity index (χ4v) is 2.38. The number of nitrogens with two attached hydrogens (primary N) is 1. The zero-order chi connectivity index (χ0) is 12.0. The highest BCUT2D eigenvalue weighted by Gasteiger charge is 2.24. The van der Waals surface area contributed by atoms with Gasteiger partial charge in [0.05, 0.1) is 6.04 Å². The Morgan fingerprint density at radius 3 is 2.65 bits per heavy atom. The van der Waals surface area contributed by atoms with Crippen LogP contribution in [-0.4, -0.2) is 18.0 Å². The first-order valence-corrected chi connectivity index (χ1v) is 6.71. The highest BCUT2D eigenvalue weighted by Crippen LogP contribution is 2.23. The Hall–Kier alpha value is -0.280. The molecule has 4 heteroatoms. The number of amides is 1. The molecule has 0 spiro atoms. The Morgan fingerprint density at radius 2 is 2.06 bits per heavy atom. The molecule has 1 aliphatic carbocycles. The van der Waals surface area contributed by atoms with Gasteiger partial charge in [-0.15, -0.1) is 12.4 Å². The summed E-state index contributed by atoms with van der Waals surface area (Å²) >= 11 is 0. The van der Waals surface area contributed by atoms with Crippen LogP contribution in [0.4, 0.5) is 0 Å². The standard InChI is InChI=1S/C13H26N2O.ClH/c1-3-4-8-11(14)13(16)15-12-9-6-5-7-10(12)2;/h10-12H,3-9,14H2,1-2H3,(H,15,16);1H/t10-,11+,12+;/m1./s1. The van der Waals surface area contributed by atoms with Crippen molar-refractivity contribution in [1.29, 1.82) is 0 Å². The summed E-state index contributed by atoms with van der Waals surface area (Å²) in [5.74, 6) is 0.656. The molecular weight excluding hydrogens is 236 g/mol. The molecule has 102 valence electrons. The Labute approximate surface area is 111 Å². The Bertz CT molecular complexity index is 223. The van der Waals surface area contributed by atoms with Crippen LogP contribution < -0.4 is 11.1 Å². The maximum Gasteiger partial charge on any atom is 0.237 e. The number of rotatable bonds is 5. The molecule has 0 aromatic heterocycles. The summed E-state index contributed by atoms with van der Waals surface area (Å²) in [5, 5.41) is 3.11. The molecule has 17 heavy (non-hydrogen) atoms. The molecule has 0 heterocycles. The Balaban J connectivity index is 0.00000256. The topological polar surface area (TPSA) is 55.1 Å². The van der Waals surface area contributed by atoms with Crippen LogP contribution >= 0.6 is 12.4 Å². The number of carbonyl (C=O) groups excluding carboxylic acids is 1. The van der Waals surface area contributed by atoms with Gasteiger partial charge in [0.15, 0.2) is 0 Å². The zero-order valence-corrected chi connectivity index (χ0v) is 11.9. The number of unbranched alkanes of at least 4 members (excludes halogenated alkanes) is 1. The van der Waals surface area contributed by atoms with Gasteiger partial charge in [-0.3, -0.25) is 4.79 Å². The molecule has 3 nitrogen and oxygen atoms in total. The first kappa shape index (κ1) is 16.7. The molecule has 0 bridgehead atoms. The number of nitrogens with one attached hydrogen (secondary N) is 1. The second-order valence-corrected chi connectivity index (χ2v) is 5.13. The molecule has 3 N–H and O–H groups in total. The normalized spacial score (nSPS) is 25.8. The van der Waals surface area contributed by atoms with Crippen LogP contribution in [0.2, 0.25) is 0 Å². The third-order valence-corrected chi connectivity index (χ3v) is 3.64. The van der Waals surface area contributed by atoms with Gasteiger partial charge in [0.25, 0.3) is 0 Å². The average molecular weight is 263 g/mol. The molecule has 1 amide bonds. The maximum atomic E-state index is 11.8. The van der Waals surface area contributed by atoms with E-state index in [9.17, 15) is 4.79 Å². The van der Waals surface area contributed by atoms with Crippen LogP contribution in [0.3, 0.4) is 0 Å². The molecule has 0 radical (unpaired) electrons. The predicted molar refractivity (Wildman–Crippen MR) is 74.3 cm³/mol. The van der Waals surface area contributed by atoms with Crippen LogP contribution in [0.5, 0.6) is 0 Å². The molecule has 0 aromatic carbocycles. The second kappa shape index (κ2) is 8.76. The van der Waals surface area contributed by atoms with Crippen molar-refractivity contribution in [2.24, 2.45) is 11.7 Å². The third kappa shape index (κ3) is 5.73. The van der Waals surface area contributed by atoms with E-state index in [4.69, 9.17) is 5.73 Å². The number of halogens is 1. The van der Waals surface area contributed by atoms with Gasteiger partial charge in [-0.1, -0.05) is 39.5 Å². The fraction of sp³-hybridized carbons (Fsp3) is 0.923. The molecule has 0 aliphatic heterocycles. The van der Waals surface area contributed by atoms with Crippen molar-refractivity contribution in [3.63, 3.8) is 0 Å². The zero-order valence-electron chi connectivity index (χ0n) is 11.1. The van der Waals surface area contributed by atoms with Crippen molar-refractivity contribution in [3.05, 3.63) is 0 Å². The van der Waals surface area contributed by atoms with E-state index in [0.717, 1.165) is 25.7 Å². The van der Waals surface area contributed by atoms with Gasteiger partial charge in [-0.2, -0.15) is 0 Å². The van der Waals surface area contributed by atoms with E-state index in [-0.39, 0.29) is 24.4 Å². The SMILES string of the molecule is CCCC[C@H](N)C(=O)N[C@H]1CCCC[C@H]1C.Cl. The van der Waals surface area contributed by atoms with Crippen molar-refractivity contribution < 1.29 is 4.79 Å². The van der Waals surface area contributed by atoms with Gasteiger partial charge in [-0.05, 0) is 25.2 Å². The smallest absolute Gasteiger partial charge is 0.237 e. The molecule has 0 saturated heterocycles. The fourth-order valence-electron chi connectivity index (χ4n) is 2.38. The van der Waals surface area contributed by atoms with E-state index >= 15 is 0 Å². The quantitative estimate of drug-likeness (QED) is 0.800. The van der Waals surface area contributed by atoms with Gasteiger partial charge in [0, 0.05) is 6.04 Å². The lowest BCUT2D eigenvalue weighted by Crippen LogP contribution is -2.48. The van der Waals surface area contributed by atoms with Gasteiger partial charge in [0.2, 0.25) is 5.91 Å². The summed E-state index contributed by atoms with van der Waals surface area (Å²) in [4.78, 5) is 11.8. The minimum absolute atomic E-state index is 0. The molecule has 0 aromatic rings. The van der Waals surface area contributed by atoms with Crippen molar-refractivity contribution in [2.45, 2.75) is 70.9 Å². The summed E-state index contributed by atoms with van der Waals surface area (Å²) in [6, 6.07) is 0.0444. The summed E-state index contributed by atoms with van der Waals surface area (Å²) in [5.41, 5.74) is 5.85.